The number of nitrogens with one attached hydrogen (secondary N) is 1. The minimum Gasteiger partial charge on any atom is -0.379 e. The van der Waals surface area contributed by atoms with E-state index in [4.69, 9.17) is 0 Å². The SMILES string of the molecule is c1cnc2ccc(NCc3cscn3)cc2c1. The topological polar surface area (TPSA) is 37.8 Å². The molecule has 0 aliphatic carbocycles. The lowest BCUT2D eigenvalue weighted by atomic mass is 10.2. The summed E-state index contributed by atoms with van der Waals surface area (Å²) in [7, 11) is 0. The molecule has 0 saturated carbocycles. The van der Waals surface area contributed by atoms with Crippen molar-refractivity contribution < 1.29 is 0 Å². The lowest BCUT2D eigenvalue weighted by molar-refractivity contribution is 1.07. The molecule has 0 unspecified atom stereocenters. The number of anilines is 1. The number of thiazole rings is 1. The van der Waals surface area contributed by atoms with E-state index in [9.17, 15) is 0 Å². The molecule has 2 heterocycles. The third-order valence-electron chi connectivity index (χ3n) is 2.56. The quantitative estimate of drug-likeness (QED) is 0.764. The van der Waals surface area contributed by atoms with Crippen LogP contribution in [0.4, 0.5) is 5.69 Å². The maximum absolute atomic E-state index is 4.29. The number of nitrogens with zero attached hydrogens (tertiary/aromatic N) is 2. The number of aromatic nitrogens is 2. The van der Waals surface area contributed by atoms with Gasteiger partial charge < -0.3 is 5.32 Å². The van der Waals surface area contributed by atoms with E-state index in [-0.39, 0.29) is 0 Å². The molecular formula is C13H11N3S. The molecule has 0 fully saturated rings. The van der Waals surface area contributed by atoms with Gasteiger partial charge in [-0.2, -0.15) is 0 Å². The second-order valence-corrected chi connectivity index (χ2v) is 4.46. The Morgan fingerprint density at radius 3 is 3.06 bits per heavy atom. The van der Waals surface area contributed by atoms with Gasteiger partial charge in [-0.3, -0.25) is 4.98 Å². The highest BCUT2D eigenvalue weighted by Gasteiger charge is 1.98. The Morgan fingerprint density at radius 2 is 2.18 bits per heavy atom. The second-order valence-electron chi connectivity index (χ2n) is 3.74. The first-order valence-electron chi connectivity index (χ1n) is 5.37. The normalized spacial score (nSPS) is 10.6. The van der Waals surface area contributed by atoms with Crippen LogP contribution in [-0.4, -0.2) is 9.97 Å². The number of fused-ring (bicyclic) bond motifs is 1. The van der Waals surface area contributed by atoms with Crippen molar-refractivity contribution in [3.8, 4) is 0 Å². The summed E-state index contributed by atoms with van der Waals surface area (Å²) >= 11 is 1.62. The molecule has 0 spiro atoms. The van der Waals surface area contributed by atoms with Gasteiger partial charge in [0.25, 0.3) is 0 Å². The Bertz CT molecular complexity index is 619. The van der Waals surface area contributed by atoms with Crippen molar-refractivity contribution in [2.75, 3.05) is 5.32 Å². The fourth-order valence-corrected chi connectivity index (χ4v) is 2.26. The Labute approximate surface area is 103 Å². The van der Waals surface area contributed by atoms with Gasteiger partial charge in [0.15, 0.2) is 0 Å². The summed E-state index contributed by atoms with van der Waals surface area (Å²) in [6.07, 6.45) is 1.81. The molecule has 1 N–H and O–H groups in total. The average Bonchev–Trinajstić information content (AvgIpc) is 2.89. The van der Waals surface area contributed by atoms with E-state index in [2.05, 4.69) is 32.8 Å². The van der Waals surface area contributed by atoms with E-state index in [1.165, 1.54) is 0 Å². The van der Waals surface area contributed by atoms with Crippen LogP contribution in [0.5, 0.6) is 0 Å². The molecule has 0 radical (unpaired) electrons. The summed E-state index contributed by atoms with van der Waals surface area (Å²) in [6, 6.07) is 10.2. The molecule has 3 rings (SSSR count). The molecule has 2 aromatic heterocycles. The molecule has 84 valence electrons. The lowest BCUT2D eigenvalue weighted by Crippen LogP contribution is -1.99. The summed E-state index contributed by atoms with van der Waals surface area (Å²) in [4.78, 5) is 8.53. The van der Waals surface area contributed by atoms with Gasteiger partial charge in [0.2, 0.25) is 0 Å². The monoisotopic (exact) mass is 241 g/mol. The first kappa shape index (κ1) is 10.2. The molecule has 17 heavy (non-hydrogen) atoms. The molecule has 0 atom stereocenters. The Morgan fingerprint density at radius 1 is 1.18 bits per heavy atom. The predicted molar refractivity (Wildman–Crippen MR) is 71.2 cm³/mol. The molecular weight excluding hydrogens is 230 g/mol. The van der Waals surface area contributed by atoms with Gasteiger partial charge in [-0.25, -0.2) is 4.98 Å². The third-order valence-corrected chi connectivity index (χ3v) is 3.20. The highest BCUT2D eigenvalue weighted by Crippen LogP contribution is 2.17. The highest BCUT2D eigenvalue weighted by atomic mass is 32.1. The fourth-order valence-electron chi connectivity index (χ4n) is 1.70. The predicted octanol–water partition coefficient (Wildman–Crippen LogP) is 3.30. The largest absolute Gasteiger partial charge is 0.379 e. The van der Waals surface area contributed by atoms with E-state index in [1.807, 2.05) is 29.9 Å². The maximum Gasteiger partial charge on any atom is 0.0795 e. The maximum atomic E-state index is 4.29. The zero-order valence-electron chi connectivity index (χ0n) is 9.13. The van der Waals surface area contributed by atoms with Crippen LogP contribution < -0.4 is 5.32 Å². The average molecular weight is 241 g/mol. The summed E-state index contributed by atoms with van der Waals surface area (Å²) in [5, 5.41) is 6.56. The Balaban J connectivity index is 1.81. The van der Waals surface area contributed by atoms with Gasteiger partial charge in [0.1, 0.15) is 0 Å². The van der Waals surface area contributed by atoms with Crippen LogP contribution >= 0.6 is 11.3 Å². The molecule has 0 aliphatic heterocycles. The summed E-state index contributed by atoms with van der Waals surface area (Å²) in [5.74, 6) is 0. The third kappa shape index (κ3) is 2.26. The van der Waals surface area contributed by atoms with Crippen LogP contribution in [0.25, 0.3) is 10.9 Å². The zero-order valence-corrected chi connectivity index (χ0v) is 9.95. The van der Waals surface area contributed by atoms with Crippen LogP contribution in [0.3, 0.4) is 0 Å². The molecule has 3 nitrogen and oxygen atoms in total. The van der Waals surface area contributed by atoms with E-state index < -0.39 is 0 Å². The van der Waals surface area contributed by atoms with Gasteiger partial charge in [0.05, 0.1) is 23.3 Å². The van der Waals surface area contributed by atoms with E-state index in [1.54, 1.807) is 11.3 Å². The number of rotatable bonds is 3. The number of benzene rings is 1. The van der Waals surface area contributed by atoms with Gasteiger partial charge in [-0.15, -0.1) is 11.3 Å². The van der Waals surface area contributed by atoms with Crippen molar-refractivity contribution in [1.82, 2.24) is 9.97 Å². The van der Waals surface area contributed by atoms with Crippen molar-refractivity contribution in [1.29, 1.82) is 0 Å². The van der Waals surface area contributed by atoms with Gasteiger partial charge >= 0.3 is 0 Å². The van der Waals surface area contributed by atoms with Crippen LogP contribution in [-0.2, 0) is 6.54 Å². The van der Waals surface area contributed by atoms with E-state index in [0.717, 1.165) is 28.8 Å². The van der Waals surface area contributed by atoms with Crippen LogP contribution in [0.15, 0.2) is 47.4 Å². The Kier molecular flexibility index (Phi) is 2.71. The first-order valence-corrected chi connectivity index (χ1v) is 6.32. The minimum atomic E-state index is 0.759. The molecule has 1 aromatic carbocycles. The standard InChI is InChI=1S/C13H11N3S/c1-2-10-6-11(3-4-13(10)14-5-1)15-7-12-8-17-9-16-12/h1-6,8-9,15H,7H2. The second kappa shape index (κ2) is 4.51. The Hall–Kier alpha value is -1.94. The van der Waals surface area contributed by atoms with E-state index in [0.29, 0.717) is 0 Å². The van der Waals surface area contributed by atoms with Crippen molar-refractivity contribution in [2.45, 2.75) is 6.54 Å². The van der Waals surface area contributed by atoms with Crippen molar-refractivity contribution in [2.24, 2.45) is 0 Å². The van der Waals surface area contributed by atoms with Crippen LogP contribution in [0.1, 0.15) is 5.69 Å². The number of pyridine rings is 1. The van der Waals surface area contributed by atoms with Crippen LogP contribution in [0, 0.1) is 0 Å². The molecule has 0 bridgehead atoms. The zero-order chi connectivity index (χ0) is 11.5. The molecule has 3 aromatic rings. The van der Waals surface area contributed by atoms with Gasteiger partial charge in [-0.05, 0) is 24.3 Å². The lowest BCUT2D eigenvalue weighted by Gasteiger charge is -2.05. The fraction of sp³-hybridized carbons (Fsp3) is 0.0769. The van der Waals surface area contributed by atoms with Gasteiger partial charge in [0, 0.05) is 22.7 Å². The molecule has 0 aliphatic rings. The smallest absolute Gasteiger partial charge is 0.0795 e. The van der Waals surface area contributed by atoms with Crippen LogP contribution in [0.2, 0.25) is 0 Å². The summed E-state index contributed by atoms with van der Waals surface area (Å²) in [6.45, 7) is 0.759. The summed E-state index contributed by atoms with van der Waals surface area (Å²) in [5.41, 5.74) is 5.04. The molecule has 0 amide bonds. The number of hydrogen-bond acceptors (Lipinski definition) is 4. The first-order chi connectivity index (χ1) is 8.42. The van der Waals surface area contributed by atoms with Crippen molar-refractivity contribution in [3.05, 3.63) is 53.1 Å². The van der Waals surface area contributed by atoms with Crippen molar-refractivity contribution in [3.63, 3.8) is 0 Å². The summed E-state index contributed by atoms with van der Waals surface area (Å²) < 4.78 is 0. The minimum absolute atomic E-state index is 0.759. The molecule has 0 saturated heterocycles. The van der Waals surface area contributed by atoms with Crippen molar-refractivity contribution >= 4 is 27.9 Å². The van der Waals surface area contributed by atoms with E-state index >= 15 is 0 Å². The van der Waals surface area contributed by atoms with Gasteiger partial charge in [-0.1, -0.05) is 6.07 Å². The molecule has 4 heteroatoms. The highest BCUT2D eigenvalue weighted by molar-refractivity contribution is 7.07. The number of hydrogen-bond donors (Lipinski definition) is 1.